The number of nitrogens with zero attached hydrogens (tertiary/aromatic N) is 2. The molecule has 2 unspecified atom stereocenters. The molecule has 1 aromatic carbocycles. The van der Waals surface area contributed by atoms with Gasteiger partial charge in [0.05, 0.1) is 10.6 Å². The fraction of sp³-hybridized carbons (Fsp3) is 0.409. The molecule has 154 valence electrons. The Morgan fingerprint density at radius 3 is 2.59 bits per heavy atom. The van der Waals surface area contributed by atoms with E-state index in [9.17, 15) is 9.59 Å². The van der Waals surface area contributed by atoms with Gasteiger partial charge in [0.1, 0.15) is 4.83 Å². The van der Waals surface area contributed by atoms with Gasteiger partial charge >= 0.3 is 0 Å². The van der Waals surface area contributed by atoms with Crippen molar-refractivity contribution in [3.8, 4) is 0 Å². The molecule has 29 heavy (non-hydrogen) atoms. The van der Waals surface area contributed by atoms with Crippen LogP contribution in [0.1, 0.15) is 42.7 Å². The highest BCUT2D eigenvalue weighted by Gasteiger charge is 2.21. The minimum atomic E-state index is -0.345. The molecular formula is C22H27N3O2S2. The summed E-state index contributed by atoms with van der Waals surface area (Å²) in [7, 11) is 0. The Balaban J connectivity index is 1.74. The molecule has 3 rings (SSSR count). The predicted molar refractivity (Wildman–Crippen MR) is 122 cm³/mol. The highest BCUT2D eigenvalue weighted by Crippen LogP contribution is 2.29. The number of amides is 1. The molecule has 5 nitrogen and oxygen atoms in total. The zero-order chi connectivity index (χ0) is 21.1. The Kier molecular flexibility index (Phi) is 6.80. The van der Waals surface area contributed by atoms with Crippen LogP contribution in [0.25, 0.3) is 10.2 Å². The second-order valence-electron chi connectivity index (χ2n) is 7.22. The van der Waals surface area contributed by atoms with E-state index in [0.717, 1.165) is 15.3 Å². The molecule has 0 saturated heterocycles. The molecule has 0 spiro atoms. The van der Waals surface area contributed by atoms with E-state index >= 15 is 0 Å². The third kappa shape index (κ3) is 4.56. The highest BCUT2D eigenvalue weighted by atomic mass is 32.2. The molecule has 0 fully saturated rings. The van der Waals surface area contributed by atoms with Crippen LogP contribution in [0.15, 0.2) is 40.3 Å². The fourth-order valence-corrected chi connectivity index (χ4v) is 5.25. The number of aromatic nitrogens is 2. The van der Waals surface area contributed by atoms with E-state index in [2.05, 4.69) is 24.4 Å². The molecular weight excluding hydrogens is 402 g/mol. The molecule has 0 aliphatic heterocycles. The molecule has 0 aliphatic rings. The van der Waals surface area contributed by atoms with Gasteiger partial charge in [-0.05, 0) is 44.7 Å². The number of nitrogens with one attached hydrogen (secondary N) is 1. The molecule has 2 heterocycles. The van der Waals surface area contributed by atoms with Crippen molar-refractivity contribution in [2.75, 3.05) is 6.54 Å². The zero-order valence-corrected chi connectivity index (χ0v) is 19.1. The number of hydrogen-bond donors (Lipinski definition) is 1. The smallest absolute Gasteiger partial charge is 0.263 e. The third-order valence-corrected chi connectivity index (χ3v) is 7.36. The number of hydrogen-bond acceptors (Lipinski definition) is 5. The molecule has 0 aliphatic carbocycles. The summed E-state index contributed by atoms with van der Waals surface area (Å²) in [5.41, 5.74) is 2.18. The van der Waals surface area contributed by atoms with Crippen LogP contribution in [-0.2, 0) is 11.3 Å². The zero-order valence-electron chi connectivity index (χ0n) is 17.5. The molecule has 7 heteroatoms. The minimum Gasteiger partial charge on any atom is -0.355 e. The lowest BCUT2D eigenvalue weighted by atomic mass is 10.0. The number of thiophene rings is 1. The van der Waals surface area contributed by atoms with E-state index in [-0.39, 0.29) is 22.6 Å². The van der Waals surface area contributed by atoms with Crippen LogP contribution in [-0.4, -0.2) is 27.3 Å². The molecule has 3 aromatic rings. The van der Waals surface area contributed by atoms with Crippen LogP contribution >= 0.6 is 23.1 Å². The summed E-state index contributed by atoms with van der Waals surface area (Å²) < 4.78 is 1.67. The van der Waals surface area contributed by atoms with Crippen LogP contribution in [0, 0.1) is 13.8 Å². The van der Waals surface area contributed by atoms with E-state index in [1.54, 1.807) is 4.57 Å². The van der Waals surface area contributed by atoms with Crippen LogP contribution in [0.4, 0.5) is 0 Å². The van der Waals surface area contributed by atoms with E-state index < -0.39 is 0 Å². The number of benzene rings is 1. The number of thioether (sulfide) groups is 1. The summed E-state index contributed by atoms with van der Waals surface area (Å²) in [6.07, 6.45) is 0. The van der Waals surface area contributed by atoms with Gasteiger partial charge in [-0.15, -0.1) is 11.3 Å². The van der Waals surface area contributed by atoms with Gasteiger partial charge in [-0.1, -0.05) is 49.0 Å². The predicted octanol–water partition coefficient (Wildman–Crippen LogP) is 4.50. The van der Waals surface area contributed by atoms with Gasteiger partial charge < -0.3 is 5.32 Å². The fourth-order valence-electron chi connectivity index (χ4n) is 3.19. The largest absolute Gasteiger partial charge is 0.355 e. The van der Waals surface area contributed by atoms with Gasteiger partial charge in [-0.25, -0.2) is 4.98 Å². The van der Waals surface area contributed by atoms with E-state index in [1.807, 2.05) is 45.9 Å². The summed E-state index contributed by atoms with van der Waals surface area (Å²) >= 11 is 2.88. The topological polar surface area (TPSA) is 64.0 Å². The van der Waals surface area contributed by atoms with Crippen LogP contribution in [0.5, 0.6) is 0 Å². The number of rotatable bonds is 7. The summed E-state index contributed by atoms with van der Waals surface area (Å²) in [5.74, 6) is 0.186. The maximum atomic E-state index is 13.0. The average molecular weight is 430 g/mol. The first kappa shape index (κ1) is 21.6. The second kappa shape index (κ2) is 9.13. The molecule has 0 saturated carbocycles. The Hall–Kier alpha value is -2.12. The second-order valence-corrected chi connectivity index (χ2v) is 9.74. The standard InChI is InChI=1S/C22H27N3O2S2/c1-6-25-21(27)18-14(3)15(4)28-20(18)24-22(25)29-16(5)19(26)23-12-13(2)17-10-8-7-9-11-17/h7-11,13,16H,6,12H2,1-5H3,(H,23,26). The summed E-state index contributed by atoms with van der Waals surface area (Å²) in [4.78, 5) is 32.2. The van der Waals surface area contributed by atoms with Crippen molar-refractivity contribution in [2.45, 2.75) is 57.5 Å². The number of aryl methyl sites for hydroxylation is 2. The summed E-state index contributed by atoms with van der Waals surface area (Å²) in [5, 5.41) is 3.99. The molecule has 2 atom stereocenters. The molecule has 0 bridgehead atoms. The Bertz CT molecular complexity index is 1070. The molecule has 0 radical (unpaired) electrons. The van der Waals surface area contributed by atoms with Crippen molar-refractivity contribution in [1.82, 2.24) is 14.9 Å². The number of carbonyl (C=O) groups is 1. The van der Waals surface area contributed by atoms with Gasteiger partial charge in [0, 0.05) is 18.0 Å². The normalized spacial score (nSPS) is 13.4. The Labute approximate surface area is 179 Å². The average Bonchev–Trinajstić information content (AvgIpc) is 3.00. The monoisotopic (exact) mass is 429 g/mol. The quantitative estimate of drug-likeness (QED) is 0.444. The minimum absolute atomic E-state index is 0.0212. The highest BCUT2D eigenvalue weighted by molar-refractivity contribution is 8.00. The third-order valence-electron chi connectivity index (χ3n) is 5.17. The first-order valence-electron chi connectivity index (χ1n) is 9.83. The van der Waals surface area contributed by atoms with E-state index in [4.69, 9.17) is 4.98 Å². The van der Waals surface area contributed by atoms with Crippen molar-refractivity contribution in [1.29, 1.82) is 0 Å². The molecule has 2 aromatic heterocycles. The van der Waals surface area contributed by atoms with Crippen LogP contribution in [0.3, 0.4) is 0 Å². The van der Waals surface area contributed by atoms with Crippen molar-refractivity contribution < 1.29 is 4.79 Å². The van der Waals surface area contributed by atoms with Crippen molar-refractivity contribution in [3.05, 3.63) is 56.7 Å². The van der Waals surface area contributed by atoms with Crippen molar-refractivity contribution in [2.24, 2.45) is 0 Å². The lowest BCUT2D eigenvalue weighted by molar-refractivity contribution is -0.120. The molecule has 1 N–H and O–H groups in total. The maximum absolute atomic E-state index is 13.0. The summed E-state index contributed by atoms with van der Waals surface area (Å²) in [6, 6.07) is 10.1. The van der Waals surface area contributed by atoms with Crippen LogP contribution < -0.4 is 10.9 Å². The van der Waals surface area contributed by atoms with Gasteiger partial charge in [0.2, 0.25) is 5.91 Å². The van der Waals surface area contributed by atoms with Gasteiger partial charge in [-0.3, -0.25) is 14.2 Å². The van der Waals surface area contributed by atoms with E-state index in [0.29, 0.717) is 23.6 Å². The molecule has 1 amide bonds. The Morgan fingerprint density at radius 1 is 1.24 bits per heavy atom. The SMILES string of the molecule is CCn1c(SC(C)C(=O)NCC(C)c2ccccc2)nc2sc(C)c(C)c2c1=O. The first-order valence-corrected chi connectivity index (χ1v) is 11.5. The lowest BCUT2D eigenvalue weighted by Crippen LogP contribution is -2.34. The summed E-state index contributed by atoms with van der Waals surface area (Å²) in [6.45, 7) is 11.0. The number of carbonyl (C=O) groups excluding carboxylic acids is 1. The van der Waals surface area contributed by atoms with E-state index in [1.165, 1.54) is 28.7 Å². The lowest BCUT2D eigenvalue weighted by Gasteiger charge is -2.17. The van der Waals surface area contributed by atoms with Crippen molar-refractivity contribution >= 4 is 39.2 Å². The van der Waals surface area contributed by atoms with Gasteiger partial charge in [-0.2, -0.15) is 0 Å². The maximum Gasteiger partial charge on any atom is 0.263 e. The van der Waals surface area contributed by atoms with Gasteiger partial charge in [0.25, 0.3) is 5.56 Å². The van der Waals surface area contributed by atoms with Crippen molar-refractivity contribution in [3.63, 3.8) is 0 Å². The van der Waals surface area contributed by atoms with Crippen LogP contribution in [0.2, 0.25) is 0 Å². The number of fused-ring (bicyclic) bond motifs is 1. The van der Waals surface area contributed by atoms with Gasteiger partial charge in [0.15, 0.2) is 5.16 Å². The first-order chi connectivity index (χ1) is 13.8. The Morgan fingerprint density at radius 2 is 1.93 bits per heavy atom.